The van der Waals surface area contributed by atoms with E-state index in [0.717, 1.165) is 12.1 Å². The van der Waals surface area contributed by atoms with Crippen molar-refractivity contribution in [3.8, 4) is 0 Å². The molecule has 2 aromatic rings. The van der Waals surface area contributed by atoms with Crippen LogP contribution in [0.15, 0.2) is 42.5 Å². The second-order valence-corrected chi connectivity index (χ2v) is 5.22. The van der Waals surface area contributed by atoms with E-state index in [0.29, 0.717) is 5.92 Å². The van der Waals surface area contributed by atoms with E-state index in [-0.39, 0.29) is 12.6 Å². The number of fused-ring (bicyclic) bond motifs is 1. The predicted octanol–water partition coefficient (Wildman–Crippen LogP) is 3.66. The molecule has 0 aromatic heterocycles. The van der Waals surface area contributed by atoms with E-state index < -0.39 is 0 Å². The van der Waals surface area contributed by atoms with Gasteiger partial charge in [-0.25, -0.2) is 0 Å². The lowest BCUT2D eigenvalue weighted by molar-refractivity contribution is 0.259. The van der Waals surface area contributed by atoms with E-state index >= 15 is 0 Å². The average molecular weight is 243 g/mol. The summed E-state index contributed by atoms with van der Waals surface area (Å²) in [5.41, 5.74) is 1.08. The third-order valence-electron chi connectivity index (χ3n) is 3.10. The topological polar surface area (TPSA) is 32.3 Å². The Morgan fingerprint density at radius 1 is 1.06 bits per heavy atom. The van der Waals surface area contributed by atoms with Crippen molar-refractivity contribution in [2.45, 2.75) is 26.3 Å². The Morgan fingerprint density at radius 2 is 1.78 bits per heavy atom. The first-order valence-electron chi connectivity index (χ1n) is 6.55. The van der Waals surface area contributed by atoms with Gasteiger partial charge in [-0.2, -0.15) is 0 Å². The first-order valence-corrected chi connectivity index (χ1v) is 6.55. The second kappa shape index (κ2) is 5.87. The fourth-order valence-corrected chi connectivity index (χ4v) is 2.26. The molecule has 1 unspecified atom stereocenters. The fourth-order valence-electron chi connectivity index (χ4n) is 2.26. The van der Waals surface area contributed by atoms with Crippen molar-refractivity contribution in [2.75, 3.05) is 11.9 Å². The SMILES string of the molecule is CC(C)CC(CO)Nc1ccc2ccccc2c1. The van der Waals surface area contributed by atoms with Gasteiger partial charge in [0.15, 0.2) is 0 Å². The molecule has 2 N–H and O–H groups in total. The summed E-state index contributed by atoms with van der Waals surface area (Å²) >= 11 is 0. The van der Waals surface area contributed by atoms with Gasteiger partial charge in [-0.05, 0) is 35.2 Å². The average Bonchev–Trinajstić information content (AvgIpc) is 2.37. The molecule has 0 aliphatic rings. The molecule has 0 bridgehead atoms. The van der Waals surface area contributed by atoms with Crippen LogP contribution >= 0.6 is 0 Å². The molecule has 2 rings (SSSR count). The summed E-state index contributed by atoms with van der Waals surface area (Å²) in [7, 11) is 0. The number of rotatable bonds is 5. The monoisotopic (exact) mass is 243 g/mol. The maximum Gasteiger partial charge on any atom is 0.0632 e. The van der Waals surface area contributed by atoms with Crippen LogP contribution in [0.5, 0.6) is 0 Å². The highest BCUT2D eigenvalue weighted by Gasteiger charge is 2.09. The van der Waals surface area contributed by atoms with Gasteiger partial charge in [0.1, 0.15) is 0 Å². The Bertz CT molecular complexity index is 507. The summed E-state index contributed by atoms with van der Waals surface area (Å²) in [6.07, 6.45) is 0.976. The van der Waals surface area contributed by atoms with Gasteiger partial charge in [0.2, 0.25) is 0 Å². The fraction of sp³-hybridized carbons (Fsp3) is 0.375. The van der Waals surface area contributed by atoms with Crippen LogP contribution in [0.25, 0.3) is 10.8 Å². The Kier molecular flexibility index (Phi) is 4.21. The normalized spacial score (nSPS) is 12.9. The van der Waals surface area contributed by atoms with Crippen LogP contribution in [0, 0.1) is 5.92 Å². The van der Waals surface area contributed by atoms with Crippen LogP contribution in [0.1, 0.15) is 20.3 Å². The molecule has 0 aliphatic heterocycles. The van der Waals surface area contributed by atoms with Crippen molar-refractivity contribution in [3.63, 3.8) is 0 Å². The molecule has 0 amide bonds. The zero-order valence-corrected chi connectivity index (χ0v) is 11.1. The molecule has 1 atom stereocenters. The molecule has 0 saturated heterocycles. The van der Waals surface area contributed by atoms with Gasteiger partial charge in [0.25, 0.3) is 0 Å². The Labute approximate surface area is 109 Å². The summed E-state index contributed by atoms with van der Waals surface area (Å²) in [5, 5.41) is 15.3. The van der Waals surface area contributed by atoms with Crippen LogP contribution in [-0.2, 0) is 0 Å². The smallest absolute Gasteiger partial charge is 0.0632 e. The number of benzene rings is 2. The molecule has 2 nitrogen and oxygen atoms in total. The number of aliphatic hydroxyl groups excluding tert-OH is 1. The number of aliphatic hydroxyl groups is 1. The van der Waals surface area contributed by atoms with Crippen LogP contribution in [0.4, 0.5) is 5.69 Å². The van der Waals surface area contributed by atoms with Gasteiger partial charge in [0, 0.05) is 11.7 Å². The lowest BCUT2D eigenvalue weighted by Crippen LogP contribution is -2.25. The molecule has 2 aromatic carbocycles. The Balaban J connectivity index is 2.15. The number of hydrogen-bond acceptors (Lipinski definition) is 2. The molecule has 0 aliphatic carbocycles. The van der Waals surface area contributed by atoms with E-state index in [1.165, 1.54) is 10.8 Å². The van der Waals surface area contributed by atoms with Gasteiger partial charge >= 0.3 is 0 Å². The van der Waals surface area contributed by atoms with Crippen molar-refractivity contribution in [2.24, 2.45) is 5.92 Å². The maximum absolute atomic E-state index is 9.39. The van der Waals surface area contributed by atoms with Crippen LogP contribution in [-0.4, -0.2) is 17.8 Å². The van der Waals surface area contributed by atoms with Crippen LogP contribution in [0.3, 0.4) is 0 Å². The van der Waals surface area contributed by atoms with E-state index in [2.05, 4.69) is 49.5 Å². The highest BCUT2D eigenvalue weighted by molar-refractivity contribution is 5.85. The summed E-state index contributed by atoms with van der Waals surface area (Å²) < 4.78 is 0. The van der Waals surface area contributed by atoms with Crippen molar-refractivity contribution in [1.29, 1.82) is 0 Å². The number of hydrogen-bond donors (Lipinski definition) is 2. The van der Waals surface area contributed by atoms with Crippen molar-refractivity contribution >= 4 is 16.5 Å². The highest BCUT2D eigenvalue weighted by atomic mass is 16.3. The number of nitrogens with one attached hydrogen (secondary N) is 1. The van der Waals surface area contributed by atoms with Gasteiger partial charge in [0.05, 0.1) is 6.61 Å². The minimum absolute atomic E-state index is 0.131. The summed E-state index contributed by atoms with van der Waals surface area (Å²) in [4.78, 5) is 0. The van der Waals surface area contributed by atoms with Gasteiger partial charge < -0.3 is 10.4 Å². The second-order valence-electron chi connectivity index (χ2n) is 5.22. The van der Waals surface area contributed by atoms with Gasteiger partial charge in [-0.3, -0.25) is 0 Å². The molecule has 18 heavy (non-hydrogen) atoms. The molecular formula is C16H21NO. The minimum atomic E-state index is 0.131. The molecule has 0 fully saturated rings. The first kappa shape index (κ1) is 12.9. The largest absolute Gasteiger partial charge is 0.394 e. The molecule has 0 saturated carbocycles. The minimum Gasteiger partial charge on any atom is -0.394 e. The molecule has 0 spiro atoms. The lowest BCUT2D eigenvalue weighted by Gasteiger charge is -2.19. The molecule has 0 radical (unpaired) electrons. The predicted molar refractivity (Wildman–Crippen MR) is 77.9 cm³/mol. The number of anilines is 1. The molecule has 2 heteroatoms. The molecular weight excluding hydrogens is 222 g/mol. The van der Waals surface area contributed by atoms with Crippen LogP contribution in [0.2, 0.25) is 0 Å². The summed E-state index contributed by atoms with van der Waals surface area (Å²) in [6, 6.07) is 14.8. The van der Waals surface area contributed by atoms with E-state index in [4.69, 9.17) is 0 Å². The van der Waals surface area contributed by atoms with Crippen LogP contribution < -0.4 is 5.32 Å². The van der Waals surface area contributed by atoms with E-state index in [9.17, 15) is 5.11 Å². The Morgan fingerprint density at radius 3 is 2.44 bits per heavy atom. The zero-order chi connectivity index (χ0) is 13.0. The third kappa shape index (κ3) is 3.23. The molecule has 0 heterocycles. The maximum atomic E-state index is 9.39. The summed E-state index contributed by atoms with van der Waals surface area (Å²) in [6.45, 7) is 4.51. The first-order chi connectivity index (χ1) is 8.69. The third-order valence-corrected chi connectivity index (χ3v) is 3.10. The zero-order valence-electron chi connectivity index (χ0n) is 11.1. The lowest BCUT2D eigenvalue weighted by atomic mass is 10.0. The van der Waals surface area contributed by atoms with Gasteiger partial charge in [-0.15, -0.1) is 0 Å². The summed E-state index contributed by atoms with van der Waals surface area (Å²) in [5.74, 6) is 0.579. The van der Waals surface area contributed by atoms with Crippen molar-refractivity contribution in [3.05, 3.63) is 42.5 Å². The highest BCUT2D eigenvalue weighted by Crippen LogP contribution is 2.20. The van der Waals surface area contributed by atoms with Crippen molar-refractivity contribution < 1.29 is 5.11 Å². The van der Waals surface area contributed by atoms with E-state index in [1.54, 1.807) is 0 Å². The van der Waals surface area contributed by atoms with Gasteiger partial charge in [-0.1, -0.05) is 44.2 Å². The molecule has 96 valence electrons. The van der Waals surface area contributed by atoms with Crippen molar-refractivity contribution in [1.82, 2.24) is 0 Å². The van der Waals surface area contributed by atoms with E-state index in [1.807, 2.05) is 12.1 Å². The quantitative estimate of drug-likeness (QED) is 0.840. The standard InChI is InChI=1S/C16H21NO/c1-12(2)9-16(11-18)17-15-8-7-13-5-3-4-6-14(13)10-15/h3-8,10,12,16-18H,9,11H2,1-2H3. The Hall–Kier alpha value is -1.54.